The zero-order chi connectivity index (χ0) is 9.26. The van der Waals surface area contributed by atoms with Crippen molar-refractivity contribution in [3.8, 4) is 10.6 Å². The van der Waals surface area contributed by atoms with Crippen molar-refractivity contribution in [2.24, 2.45) is 0 Å². The van der Waals surface area contributed by atoms with Gasteiger partial charge in [-0.05, 0) is 24.3 Å². The fourth-order valence-corrected chi connectivity index (χ4v) is 1.59. The molecule has 0 atom stereocenters. The van der Waals surface area contributed by atoms with Crippen molar-refractivity contribution in [3.05, 3.63) is 24.3 Å². The zero-order valence-corrected chi connectivity index (χ0v) is 7.58. The monoisotopic (exact) mass is 192 g/mol. The topological polar surface area (TPSA) is 77.8 Å². The van der Waals surface area contributed by atoms with E-state index in [1.165, 1.54) is 11.3 Å². The fourth-order valence-electron chi connectivity index (χ4n) is 0.977. The van der Waals surface area contributed by atoms with E-state index in [0.717, 1.165) is 16.3 Å². The average Bonchev–Trinajstić information content (AvgIpc) is 2.53. The Bertz CT molecular complexity index is 406. The normalized spacial score (nSPS) is 10.2. The molecule has 13 heavy (non-hydrogen) atoms. The minimum absolute atomic E-state index is 0.479. The number of nitrogens with zero attached hydrogens (tertiary/aromatic N) is 2. The standard InChI is InChI=1S/C8H8N4S/c9-6-3-1-5(2-4-6)7-11-12-8(10)13-7/h1-4H,9H2,(H2,10,12). The molecule has 0 unspecified atom stereocenters. The van der Waals surface area contributed by atoms with Gasteiger partial charge in [0.05, 0.1) is 0 Å². The first-order valence-electron chi connectivity index (χ1n) is 3.70. The molecule has 1 aromatic heterocycles. The third-order valence-corrected chi connectivity index (χ3v) is 2.40. The molecular formula is C8H8N4S. The Morgan fingerprint density at radius 3 is 2.23 bits per heavy atom. The summed E-state index contributed by atoms with van der Waals surface area (Å²) in [5.41, 5.74) is 12.7. The van der Waals surface area contributed by atoms with Crippen molar-refractivity contribution < 1.29 is 0 Å². The quantitative estimate of drug-likeness (QED) is 0.669. The molecule has 0 spiro atoms. The van der Waals surface area contributed by atoms with Crippen LogP contribution in [0, 0.1) is 0 Å². The number of nitrogen functional groups attached to an aromatic ring is 2. The highest BCUT2D eigenvalue weighted by molar-refractivity contribution is 7.18. The maximum absolute atomic E-state index is 5.55. The molecule has 0 fully saturated rings. The Kier molecular flexibility index (Phi) is 1.86. The van der Waals surface area contributed by atoms with E-state index in [4.69, 9.17) is 11.5 Å². The molecule has 0 saturated heterocycles. The van der Waals surface area contributed by atoms with Gasteiger partial charge >= 0.3 is 0 Å². The molecule has 0 aliphatic heterocycles. The Labute approximate surface area is 79.2 Å². The summed E-state index contributed by atoms with van der Waals surface area (Å²) in [6.45, 7) is 0. The summed E-state index contributed by atoms with van der Waals surface area (Å²) < 4.78 is 0. The Balaban J connectivity index is 2.41. The minimum atomic E-state index is 0.479. The van der Waals surface area contributed by atoms with Crippen LogP contribution < -0.4 is 11.5 Å². The van der Waals surface area contributed by atoms with Gasteiger partial charge in [0.15, 0.2) is 0 Å². The van der Waals surface area contributed by atoms with Gasteiger partial charge in [0.1, 0.15) is 5.01 Å². The second-order valence-corrected chi connectivity index (χ2v) is 3.58. The van der Waals surface area contributed by atoms with Gasteiger partial charge in [0.25, 0.3) is 0 Å². The SMILES string of the molecule is Nc1ccc(-c2nnc(N)s2)cc1. The highest BCUT2D eigenvalue weighted by Crippen LogP contribution is 2.24. The van der Waals surface area contributed by atoms with Crippen molar-refractivity contribution in [3.63, 3.8) is 0 Å². The summed E-state index contributed by atoms with van der Waals surface area (Å²) >= 11 is 1.36. The molecule has 0 radical (unpaired) electrons. The molecule has 0 aliphatic carbocycles. The van der Waals surface area contributed by atoms with Gasteiger partial charge in [-0.1, -0.05) is 11.3 Å². The van der Waals surface area contributed by atoms with Crippen LogP contribution in [0.4, 0.5) is 10.8 Å². The van der Waals surface area contributed by atoms with Crippen LogP contribution in [0.5, 0.6) is 0 Å². The predicted molar refractivity (Wildman–Crippen MR) is 54.2 cm³/mol. The molecule has 4 N–H and O–H groups in total. The van der Waals surface area contributed by atoms with Crippen LogP contribution in [0.15, 0.2) is 24.3 Å². The number of hydrogen-bond donors (Lipinski definition) is 2. The smallest absolute Gasteiger partial charge is 0.203 e. The van der Waals surface area contributed by atoms with E-state index in [1.807, 2.05) is 24.3 Å². The largest absolute Gasteiger partial charge is 0.399 e. The third-order valence-electron chi connectivity index (χ3n) is 1.60. The van der Waals surface area contributed by atoms with Crippen LogP contribution in [0.2, 0.25) is 0 Å². The van der Waals surface area contributed by atoms with Crippen LogP contribution in [-0.2, 0) is 0 Å². The number of nitrogens with two attached hydrogens (primary N) is 2. The summed E-state index contributed by atoms with van der Waals surface area (Å²) in [7, 11) is 0. The molecule has 5 heteroatoms. The van der Waals surface area contributed by atoms with Gasteiger partial charge in [-0.25, -0.2) is 0 Å². The average molecular weight is 192 g/mol. The second-order valence-electron chi connectivity index (χ2n) is 2.57. The lowest BCUT2D eigenvalue weighted by Gasteiger charge is -1.94. The van der Waals surface area contributed by atoms with E-state index in [2.05, 4.69) is 10.2 Å². The van der Waals surface area contributed by atoms with Gasteiger partial charge in [-0.15, -0.1) is 10.2 Å². The summed E-state index contributed by atoms with van der Waals surface area (Å²) in [6, 6.07) is 7.45. The molecule has 0 bridgehead atoms. The molecular weight excluding hydrogens is 184 g/mol. The first-order valence-corrected chi connectivity index (χ1v) is 4.52. The first-order chi connectivity index (χ1) is 6.25. The summed E-state index contributed by atoms with van der Waals surface area (Å²) in [5.74, 6) is 0. The molecule has 4 nitrogen and oxygen atoms in total. The molecule has 0 saturated carbocycles. The Hall–Kier alpha value is -1.62. The molecule has 1 heterocycles. The summed E-state index contributed by atoms with van der Waals surface area (Å²) in [4.78, 5) is 0. The zero-order valence-electron chi connectivity index (χ0n) is 6.77. The Morgan fingerprint density at radius 1 is 1.00 bits per heavy atom. The summed E-state index contributed by atoms with van der Waals surface area (Å²) in [6.07, 6.45) is 0. The van der Waals surface area contributed by atoms with Crippen molar-refractivity contribution in [1.82, 2.24) is 10.2 Å². The van der Waals surface area contributed by atoms with Crippen LogP contribution in [-0.4, -0.2) is 10.2 Å². The summed E-state index contributed by atoms with van der Waals surface area (Å²) in [5, 5.41) is 8.94. The highest BCUT2D eigenvalue weighted by atomic mass is 32.1. The van der Waals surface area contributed by atoms with Crippen LogP contribution in [0.1, 0.15) is 0 Å². The number of aromatic nitrogens is 2. The van der Waals surface area contributed by atoms with Crippen LogP contribution in [0.25, 0.3) is 10.6 Å². The van der Waals surface area contributed by atoms with Crippen LogP contribution >= 0.6 is 11.3 Å². The fraction of sp³-hybridized carbons (Fsp3) is 0. The van der Waals surface area contributed by atoms with E-state index in [1.54, 1.807) is 0 Å². The van der Waals surface area contributed by atoms with Gasteiger partial charge in [-0.3, -0.25) is 0 Å². The number of hydrogen-bond acceptors (Lipinski definition) is 5. The second kappa shape index (κ2) is 3.02. The molecule has 66 valence electrons. The minimum Gasteiger partial charge on any atom is -0.399 e. The third kappa shape index (κ3) is 1.59. The van der Waals surface area contributed by atoms with Crippen LogP contribution in [0.3, 0.4) is 0 Å². The lowest BCUT2D eigenvalue weighted by atomic mass is 10.2. The molecule has 2 rings (SSSR count). The van der Waals surface area contributed by atoms with E-state index < -0.39 is 0 Å². The number of anilines is 2. The van der Waals surface area contributed by atoms with Gasteiger partial charge < -0.3 is 11.5 Å². The van der Waals surface area contributed by atoms with E-state index >= 15 is 0 Å². The predicted octanol–water partition coefficient (Wildman–Crippen LogP) is 1.37. The molecule has 0 amide bonds. The first kappa shape index (κ1) is 8.00. The molecule has 2 aromatic rings. The molecule has 1 aromatic carbocycles. The van der Waals surface area contributed by atoms with Crippen molar-refractivity contribution in [2.45, 2.75) is 0 Å². The number of benzene rings is 1. The van der Waals surface area contributed by atoms with E-state index in [9.17, 15) is 0 Å². The lowest BCUT2D eigenvalue weighted by Crippen LogP contribution is -1.83. The maximum Gasteiger partial charge on any atom is 0.203 e. The Morgan fingerprint density at radius 2 is 1.69 bits per heavy atom. The van der Waals surface area contributed by atoms with Gasteiger partial charge in [0, 0.05) is 11.3 Å². The van der Waals surface area contributed by atoms with Gasteiger partial charge in [-0.2, -0.15) is 0 Å². The van der Waals surface area contributed by atoms with Crippen molar-refractivity contribution in [1.29, 1.82) is 0 Å². The maximum atomic E-state index is 5.55. The highest BCUT2D eigenvalue weighted by Gasteiger charge is 2.02. The molecule has 0 aliphatic rings. The number of rotatable bonds is 1. The lowest BCUT2D eigenvalue weighted by molar-refractivity contribution is 1.10. The van der Waals surface area contributed by atoms with Gasteiger partial charge in [0.2, 0.25) is 5.13 Å². The van der Waals surface area contributed by atoms with Crippen molar-refractivity contribution in [2.75, 3.05) is 11.5 Å². The van der Waals surface area contributed by atoms with E-state index in [0.29, 0.717) is 5.13 Å². The van der Waals surface area contributed by atoms with Crippen molar-refractivity contribution >= 4 is 22.2 Å². The van der Waals surface area contributed by atoms with E-state index in [-0.39, 0.29) is 0 Å².